The Morgan fingerprint density at radius 3 is 2.50 bits per heavy atom. The van der Waals surface area contributed by atoms with E-state index >= 15 is 0 Å². The molecule has 5 N–H and O–H groups in total. The molecule has 0 radical (unpaired) electrons. The van der Waals surface area contributed by atoms with Gasteiger partial charge in [0.05, 0.1) is 12.8 Å². The number of rotatable bonds is 5. The molecular weight excluding hydrogens is 252 g/mol. The van der Waals surface area contributed by atoms with Gasteiger partial charge < -0.3 is 21.3 Å². The molecule has 4 nitrogen and oxygen atoms in total. The highest BCUT2D eigenvalue weighted by Crippen LogP contribution is 2.34. The highest BCUT2D eigenvalue weighted by Gasteiger charge is 2.14. The van der Waals surface area contributed by atoms with Crippen molar-refractivity contribution in [3.8, 4) is 11.5 Å². The summed E-state index contributed by atoms with van der Waals surface area (Å²) in [7, 11) is 1.51. The van der Waals surface area contributed by atoms with E-state index in [1.165, 1.54) is 12.7 Å². The molecule has 0 aliphatic rings. The molecule has 4 heteroatoms. The maximum Gasteiger partial charge on any atom is 0.181 e. The Labute approximate surface area is 119 Å². The number of anilines is 1. The molecule has 0 amide bonds. The molecule has 0 bridgehead atoms. The molecule has 1 unspecified atom stereocenters. The van der Waals surface area contributed by atoms with E-state index < -0.39 is 0 Å². The summed E-state index contributed by atoms with van der Waals surface area (Å²) in [6.45, 7) is 0.549. The number of nitrogens with two attached hydrogens (primary N) is 2. The zero-order valence-electron chi connectivity index (χ0n) is 11.5. The Morgan fingerprint density at radius 2 is 1.90 bits per heavy atom. The topological polar surface area (TPSA) is 81.5 Å². The van der Waals surface area contributed by atoms with Crippen LogP contribution in [0, 0.1) is 0 Å². The highest BCUT2D eigenvalue weighted by molar-refractivity contribution is 5.61. The molecule has 106 valence electrons. The highest BCUT2D eigenvalue weighted by atomic mass is 16.5. The van der Waals surface area contributed by atoms with Crippen LogP contribution in [0.25, 0.3) is 0 Å². The second-order valence-electron chi connectivity index (χ2n) is 4.78. The molecule has 0 saturated carbocycles. The predicted molar refractivity (Wildman–Crippen MR) is 81.0 cm³/mol. The van der Waals surface area contributed by atoms with Crippen molar-refractivity contribution in [1.29, 1.82) is 0 Å². The molecule has 2 aromatic rings. The number of hydrogen-bond donors (Lipinski definition) is 3. The lowest BCUT2D eigenvalue weighted by atomic mass is 9.92. The van der Waals surface area contributed by atoms with Crippen LogP contribution in [0.15, 0.2) is 42.5 Å². The minimum Gasteiger partial charge on any atom is -0.503 e. The molecule has 2 aromatic carbocycles. The maximum absolute atomic E-state index is 9.76. The van der Waals surface area contributed by atoms with Crippen molar-refractivity contribution in [1.82, 2.24) is 0 Å². The Hall–Kier alpha value is -2.20. The van der Waals surface area contributed by atoms with E-state index in [9.17, 15) is 5.11 Å². The summed E-state index contributed by atoms with van der Waals surface area (Å²) in [5.41, 5.74) is 14.2. The van der Waals surface area contributed by atoms with Gasteiger partial charge in [0.15, 0.2) is 11.5 Å². The number of aromatic hydroxyl groups is 1. The molecule has 1 atom stereocenters. The summed E-state index contributed by atoms with van der Waals surface area (Å²) in [4.78, 5) is 0. The van der Waals surface area contributed by atoms with Gasteiger partial charge in [-0.15, -0.1) is 0 Å². The van der Waals surface area contributed by atoms with Gasteiger partial charge in [0.25, 0.3) is 0 Å². The monoisotopic (exact) mass is 272 g/mol. The molecule has 20 heavy (non-hydrogen) atoms. The molecule has 0 saturated heterocycles. The van der Waals surface area contributed by atoms with Crippen molar-refractivity contribution >= 4 is 5.69 Å². The van der Waals surface area contributed by atoms with Crippen molar-refractivity contribution in [3.63, 3.8) is 0 Å². The van der Waals surface area contributed by atoms with E-state index in [-0.39, 0.29) is 11.7 Å². The lowest BCUT2D eigenvalue weighted by Crippen LogP contribution is -2.15. The largest absolute Gasteiger partial charge is 0.503 e. The molecular formula is C16H20N2O2. The molecule has 0 aliphatic carbocycles. The van der Waals surface area contributed by atoms with Gasteiger partial charge in [0.2, 0.25) is 0 Å². The average Bonchev–Trinajstić information content (AvgIpc) is 2.49. The fourth-order valence-electron chi connectivity index (χ4n) is 2.31. The number of methoxy groups -OCH3 is 1. The minimum atomic E-state index is -0.0136. The van der Waals surface area contributed by atoms with E-state index in [4.69, 9.17) is 16.2 Å². The van der Waals surface area contributed by atoms with Crippen LogP contribution in [0.3, 0.4) is 0 Å². The van der Waals surface area contributed by atoms with Crippen molar-refractivity contribution in [3.05, 3.63) is 53.6 Å². The number of ether oxygens (including phenoxy) is 1. The number of hydrogen-bond acceptors (Lipinski definition) is 4. The van der Waals surface area contributed by atoms with Gasteiger partial charge in [0, 0.05) is 5.92 Å². The van der Waals surface area contributed by atoms with Gasteiger partial charge in [-0.25, -0.2) is 0 Å². The van der Waals surface area contributed by atoms with Crippen LogP contribution in [0.1, 0.15) is 17.0 Å². The van der Waals surface area contributed by atoms with Gasteiger partial charge in [-0.2, -0.15) is 0 Å². The molecule has 0 fully saturated rings. The fourth-order valence-corrected chi connectivity index (χ4v) is 2.31. The number of phenols is 1. The zero-order valence-corrected chi connectivity index (χ0v) is 11.5. The van der Waals surface area contributed by atoms with Gasteiger partial charge in [-0.05, 0) is 36.2 Å². The van der Waals surface area contributed by atoms with Gasteiger partial charge in [0.1, 0.15) is 0 Å². The third-order valence-corrected chi connectivity index (χ3v) is 3.42. The lowest BCUT2D eigenvalue weighted by molar-refractivity contribution is 0.374. The normalized spacial score (nSPS) is 12.1. The standard InChI is InChI=1S/C16H20N2O2/c1-20-15-9-11(8-14(18)16(15)19)7-13(10-17)12-5-3-2-4-6-12/h2-6,8-9,13,19H,7,10,17-18H2,1H3. The van der Waals surface area contributed by atoms with E-state index in [1.54, 1.807) is 12.1 Å². The summed E-state index contributed by atoms with van der Waals surface area (Å²) >= 11 is 0. The Bertz CT molecular complexity index is 570. The third-order valence-electron chi connectivity index (χ3n) is 3.42. The van der Waals surface area contributed by atoms with Gasteiger partial charge in [-0.1, -0.05) is 30.3 Å². The van der Waals surface area contributed by atoms with Gasteiger partial charge in [-0.3, -0.25) is 0 Å². The smallest absolute Gasteiger partial charge is 0.181 e. The Balaban J connectivity index is 2.26. The predicted octanol–water partition coefficient (Wildman–Crippen LogP) is 2.27. The van der Waals surface area contributed by atoms with Gasteiger partial charge >= 0.3 is 0 Å². The maximum atomic E-state index is 9.76. The molecule has 0 aromatic heterocycles. The van der Waals surface area contributed by atoms with Crippen LogP contribution >= 0.6 is 0 Å². The van der Waals surface area contributed by atoms with Crippen LogP contribution in [-0.2, 0) is 6.42 Å². The SMILES string of the molecule is COc1cc(CC(CN)c2ccccc2)cc(N)c1O. The second-order valence-corrected chi connectivity index (χ2v) is 4.78. The lowest BCUT2D eigenvalue weighted by Gasteiger charge is -2.17. The average molecular weight is 272 g/mol. The Morgan fingerprint density at radius 1 is 1.20 bits per heavy atom. The molecule has 0 spiro atoms. The van der Waals surface area contributed by atoms with E-state index in [0.717, 1.165) is 12.0 Å². The fraction of sp³-hybridized carbons (Fsp3) is 0.250. The molecule has 0 aliphatic heterocycles. The summed E-state index contributed by atoms with van der Waals surface area (Å²) in [5.74, 6) is 0.592. The van der Waals surface area contributed by atoms with Crippen molar-refractivity contribution in [2.45, 2.75) is 12.3 Å². The van der Waals surface area contributed by atoms with Crippen molar-refractivity contribution in [2.24, 2.45) is 5.73 Å². The van der Waals surface area contributed by atoms with E-state index in [2.05, 4.69) is 12.1 Å². The van der Waals surface area contributed by atoms with E-state index in [1.807, 2.05) is 18.2 Å². The summed E-state index contributed by atoms with van der Waals surface area (Å²) in [6, 6.07) is 13.7. The van der Waals surface area contributed by atoms with Crippen LogP contribution in [-0.4, -0.2) is 18.8 Å². The summed E-state index contributed by atoms with van der Waals surface area (Å²) in [5, 5.41) is 9.76. The Kier molecular flexibility index (Phi) is 4.48. The van der Waals surface area contributed by atoms with Crippen LogP contribution in [0.5, 0.6) is 11.5 Å². The van der Waals surface area contributed by atoms with Crippen molar-refractivity contribution in [2.75, 3.05) is 19.4 Å². The first-order chi connectivity index (χ1) is 9.65. The van der Waals surface area contributed by atoms with Crippen molar-refractivity contribution < 1.29 is 9.84 Å². The molecule has 0 heterocycles. The first kappa shape index (κ1) is 14.2. The van der Waals surface area contributed by atoms with Crippen LogP contribution in [0.2, 0.25) is 0 Å². The van der Waals surface area contributed by atoms with Crippen LogP contribution in [0.4, 0.5) is 5.69 Å². The second kappa shape index (κ2) is 6.30. The zero-order chi connectivity index (χ0) is 14.5. The minimum absolute atomic E-state index is 0.0136. The number of nitrogen functional groups attached to an aromatic ring is 1. The number of benzene rings is 2. The van der Waals surface area contributed by atoms with Crippen LogP contribution < -0.4 is 16.2 Å². The molecule has 2 rings (SSSR count). The first-order valence-corrected chi connectivity index (χ1v) is 6.56. The number of phenolic OH excluding ortho intramolecular Hbond substituents is 1. The summed E-state index contributed by atoms with van der Waals surface area (Å²) in [6.07, 6.45) is 0.751. The first-order valence-electron chi connectivity index (χ1n) is 6.56. The third kappa shape index (κ3) is 3.03. The quantitative estimate of drug-likeness (QED) is 0.576. The summed E-state index contributed by atoms with van der Waals surface area (Å²) < 4.78 is 5.13. The van der Waals surface area contributed by atoms with E-state index in [0.29, 0.717) is 18.0 Å².